The summed E-state index contributed by atoms with van der Waals surface area (Å²) in [6, 6.07) is 62.8. The van der Waals surface area contributed by atoms with Gasteiger partial charge < -0.3 is 9.55 Å². The van der Waals surface area contributed by atoms with Gasteiger partial charge in [-0.1, -0.05) is 158 Å². The summed E-state index contributed by atoms with van der Waals surface area (Å²) in [6.07, 6.45) is 8.92. The number of benzene rings is 8. The Kier molecular flexibility index (Phi) is 7.39. The third-order valence-corrected chi connectivity index (χ3v) is 13.3. The molecule has 0 bridgehead atoms. The Morgan fingerprint density at radius 3 is 1.55 bits per heavy atom. The molecule has 5 aromatic heterocycles. The van der Waals surface area contributed by atoms with Crippen molar-refractivity contribution in [1.82, 2.24) is 33.6 Å². The first kappa shape index (κ1) is 35.1. The fraction of sp³-hybridized carbons (Fsp3) is 0.0351. The molecular formula is C57H37N7. The van der Waals surface area contributed by atoms with E-state index in [9.17, 15) is 0 Å². The molecule has 64 heavy (non-hydrogen) atoms. The number of aromatic amines is 1. The Morgan fingerprint density at radius 1 is 0.391 bits per heavy atom. The molecule has 14 rings (SSSR count). The number of allylic oxidation sites excluding steroid dienone is 4. The maximum atomic E-state index is 5.62. The van der Waals surface area contributed by atoms with Crippen molar-refractivity contribution in [2.75, 3.05) is 0 Å². The lowest BCUT2D eigenvalue weighted by Gasteiger charge is -2.14. The Balaban J connectivity index is 1.13. The summed E-state index contributed by atoms with van der Waals surface area (Å²) in [7, 11) is 0. The van der Waals surface area contributed by atoms with Crippen LogP contribution in [0.15, 0.2) is 194 Å². The van der Waals surface area contributed by atoms with Crippen LogP contribution in [0.2, 0.25) is 0 Å². The van der Waals surface area contributed by atoms with Crippen molar-refractivity contribution in [3.05, 3.63) is 200 Å². The number of nitrogens with zero attached hydrogens (tertiary/aromatic N) is 6. The number of hydrogen-bond donors (Lipinski definition) is 1. The van der Waals surface area contributed by atoms with Crippen LogP contribution in [0.1, 0.15) is 18.4 Å². The zero-order valence-electron chi connectivity index (χ0n) is 34.6. The molecule has 0 radical (unpaired) electrons. The van der Waals surface area contributed by atoms with Crippen LogP contribution in [0.3, 0.4) is 0 Å². The van der Waals surface area contributed by atoms with Gasteiger partial charge in [0.25, 0.3) is 0 Å². The Hall–Kier alpha value is -8.55. The highest BCUT2D eigenvalue weighted by Gasteiger charge is 2.25. The minimum atomic E-state index is 0.542. The van der Waals surface area contributed by atoms with E-state index in [1.54, 1.807) is 0 Å². The third kappa shape index (κ3) is 5.00. The lowest BCUT2D eigenvalue weighted by atomic mass is 9.98. The van der Waals surface area contributed by atoms with Gasteiger partial charge in [0, 0.05) is 59.9 Å². The van der Waals surface area contributed by atoms with Gasteiger partial charge >= 0.3 is 0 Å². The number of aromatic nitrogens is 7. The van der Waals surface area contributed by atoms with Crippen molar-refractivity contribution in [2.24, 2.45) is 0 Å². The zero-order chi connectivity index (χ0) is 41.9. The summed E-state index contributed by atoms with van der Waals surface area (Å²) >= 11 is 0. The van der Waals surface area contributed by atoms with E-state index in [4.69, 9.17) is 15.0 Å². The zero-order valence-corrected chi connectivity index (χ0v) is 34.6. The quantitative estimate of drug-likeness (QED) is 0.188. The number of rotatable bonds is 5. The van der Waals surface area contributed by atoms with Gasteiger partial charge in [-0.05, 0) is 60.4 Å². The molecule has 0 aliphatic heterocycles. The molecule has 0 saturated heterocycles. The molecule has 0 amide bonds. The molecule has 0 spiro atoms. The topological polar surface area (TPSA) is 69.2 Å². The Morgan fingerprint density at radius 2 is 0.906 bits per heavy atom. The molecule has 1 aliphatic rings. The van der Waals surface area contributed by atoms with Gasteiger partial charge in [-0.25, -0.2) is 0 Å². The molecule has 300 valence electrons. The van der Waals surface area contributed by atoms with Gasteiger partial charge in [0.2, 0.25) is 11.9 Å². The maximum Gasteiger partial charge on any atom is 0.240 e. The third-order valence-electron chi connectivity index (χ3n) is 13.3. The van der Waals surface area contributed by atoms with E-state index >= 15 is 0 Å². The predicted octanol–water partition coefficient (Wildman–Crippen LogP) is 14.2. The second-order valence-corrected chi connectivity index (χ2v) is 16.8. The van der Waals surface area contributed by atoms with E-state index < -0.39 is 0 Å². The molecule has 1 N–H and O–H groups in total. The molecule has 0 saturated carbocycles. The van der Waals surface area contributed by atoms with E-state index in [1.807, 2.05) is 0 Å². The molecule has 13 aromatic rings. The molecule has 7 heteroatoms. The summed E-state index contributed by atoms with van der Waals surface area (Å²) in [5.41, 5.74) is 12.9. The van der Waals surface area contributed by atoms with Crippen LogP contribution in [0.25, 0.3) is 122 Å². The summed E-state index contributed by atoms with van der Waals surface area (Å²) in [5, 5.41) is 9.20. The smallest absolute Gasteiger partial charge is 0.240 e. The van der Waals surface area contributed by atoms with Gasteiger partial charge in [-0.15, -0.1) is 0 Å². The summed E-state index contributed by atoms with van der Waals surface area (Å²) < 4.78 is 6.92. The van der Waals surface area contributed by atoms with E-state index in [0.29, 0.717) is 17.7 Å². The molecule has 0 fully saturated rings. The molecule has 5 heterocycles. The SMILES string of the molecule is C1=CC(c2ccc(-c3nc(-n4c5ccccc5c5ccc6c7ccccc7[nH]c6c54)nc(-n4c5ccccc5c5ccc6c7ccccc7n(-c7ccccc7)c6c54)n3)cc2)=CCC1. The van der Waals surface area contributed by atoms with E-state index in [0.717, 1.165) is 101 Å². The highest BCUT2D eigenvalue weighted by Crippen LogP contribution is 2.43. The molecule has 1 aliphatic carbocycles. The standard InChI is InChI=1S/C57H37N7/c1-3-15-35(16-4-1)36-27-29-37(30-28-36)55-59-56(63-49-25-13-9-20-40(49)44-32-31-43-39-19-7-11-23-47(39)58-51(43)52(44)63)61-57(60-55)64-50-26-14-10-22-42(50)46-34-33-45-41-21-8-12-24-48(41)62(53(45)54(46)64)38-17-5-2-6-18-38/h2-3,5-34,58H,1,4H2. The van der Waals surface area contributed by atoms with Crippen LogP contribution >= 0.6 is 0 Å². The highest BCUT2D eigenvalue weighted by molar-refractivity contribution is 6.24. The van der Waals surface area contributed by atoms with Gasteiger partial charge in [0.05, 0.1) is 38.6 Å². The summed E-state index contributed by atoms with van der Waals surface area (Å²) in [6.45, 7) is 0. The monoisotopic (exact) mass is 819 g/mol. The van der Waals surface area contributed by atoms with Crippen molar-refractivity contribution >= 4 is 92.8 Å². The van der Waals surface area contributed by atoms with Crippen LogP contribution < -0.4 is 0 Å². The van der Waals surface area contributed by atoms with Crippen molar-refractivity contribution in [1.29, 1.82) is 0 Å². The normalized spacial score (nSPS) is 13.2. The van der Waals surface area contributed by atoms with Crippen molar-refractivity contribution in [3.8, 4) is 29.0 Å². The van der Waals surface area contributed by atoms with E-state index in [1.165, 1.54) is 21.9 Å². The average molecular weight is 820 g/mol. The van der Waals surface area contributed by atoms with Crippen LogP contribution in [0.4, 0.5) is 0 Å². The minimum Gasteiger partial charge on any atom is -0.353 e. The van der Waals surface area contributed by atoms with Crippen LogP contribution in [0.5, 0.6) is 0 Å². The van der Waals surface area contributed by atoms with E-state index in [2.05, 4.69) is 213 Å². The average Bonchev–Trinajstić information content (AvgIpc) is 4.11. The fourth-order valence-electron chi connectivity index (χ4n) is 10.5. The predicted molar refractivity (Wildman–Crippen MR) is 264 cm³/mol. The first-order valence-corrected chi connectivity index (χ1v) is 21.9. The van der Waals surface area contributed by atoms with Crippen LogP contribution in [-0.2, 0) is 0 Å². The van der Waals surface area contributed by atoms with Gasteiger partial charge in [0.1, 0.15) is 0 Å². The Bertz CT molecular complexity index is 4120. The minimum absolute atomic E-state index is 0.542. The lowest BCUT2D eigenvalue weighted by Crippen LogP contribution is -2.11. The molecule has 8 aromatic carbocycles. The first-order valence-electron chi connectivity index (χ1n) is 21.9. The highest BCUT2D eigenvalue weighted by atomic mass is 15.3. The van der Waals surface area contributed by atoms with Crippen LogP contribution in [-0.4, -0.2) is 33.6 Å². The molecular weight excluding hydrogens is 783 g/mol. The van der Waals surface area contributed by atoms with Crippen LogP contribution in [0, 0.1) is 0 Å². The summed E-state index contributed by atoms with van der Waals surface area (Å²) in [5.74, 6) is 1.68. The fourth-order valence-corrected chi connectivity index (χ4v) is 10.5. The number of hydrogen-bond acceptors (Lipinski definition) is 3. The number of H-pyrrole nitrogens is 1. The molecule has 0 unspecified atom stereocenters. The van der Waals surface area contributed by atoms with Gasteiger partial charge in [0.15, 0.2) is 5.82 Å². The second-order valence-electron chi connectivity index (χ2n) is 16.8. The summed E-state index contributed by atoms with van der Waals surface area (Å²) in [4.78, 5) is 20.4. The Labute approximate surface area is 366 Å². The maximum absolute atomic E-state index is 5.62. The number of para-hydroxylation sites is 5. The van der Waals surface area contributed by atoms with Crippen molar-refractivity contribution < 1.29 is 0 Å². The van der Waals surface area contributed by atoms with Gasteiger partial charge in [-0.2, -0.15) is 15.0 Å². The number of fused-ring (bicyclic) bond motifs is 14. The van der Waals surface area contributed by atoms with E-state index in [-0.39, 0.29) is 0 Å². The molecule has 7 nitrogen and oxygen atoms in total. The second kappa shape index (κ2) is 13.5. The molecule has 0 atom stereocenters. The number of nitrogens with one attached hydrogen (secondary N) is 1. The lowest BCUT2D eigenvalue weighted by molar-refractivity contribution is 0.893. The largest absolute Gasteiger partial charge is 0.353 e. The van der Waals surface area contributed by atoms with Crippen molar-refractivity contribution in [2.45, 2.75) is 12.8 Å². The van der Waals surface area contributed by atoms with Crippen molar-refractivity contribution in [3.63, 3.8) is 0 Å². The first-order chi connectivity index (χ1) is 31.8. The van der Waals surface area contributed by atoms with Gasteiger partial charge in [-0.3, -0.25) is 9.13 Å².